The summed E-state index contributed by atoms with van der Waals surface area (Å²) in [5.74, 6) is 2.91. The highest BCUT2D eigenvalue weighted by atomic mass is 32.2. The molecule has 136 valence electrons. The van der Waals surface area contributed by atoms with E-state index >= 15 is 0 Å². The van der Waals surface area contributed by atoms with Crippen molar-refractivity contribution < 1.29 is 4.52 Å². The van der Waals surface area contributed by atoms with Gasteiger partial charge in [-0.2, -0.15) is 4.98 Å². The Bertz CT molecular complexity index is 892. The van der Waals surface area contributed by atoms with Crippen LogP contribution in [0, 0.1) is 0 Å². The van der Waals surface area contributed by atoms with Crippen LogP contribution in [0.2, 0.25) is 0 Å². The third-order valence-electron chi connectivity index (χ3n) is 4.36. The van der Waals surface area contributed by atoms with Crippen molar-refractivity contribution in [3.63, 3.8) is 0 Å². The van der Waals surface area contributed by atoms with E-state index in [1.807, 2.05) is 18.2 Å². The van der Waals surface area contributed by atoms with Crippen molar-refractivity contribution in [1.82, 2.24) is 24.9 Å². The smallest absolute Gasteiger partial charge is 0.239 e. The molecule has 1 aliphatic rings. The van der Waals surface area contributed by atoms with Crippen LogP contribution < -0.4 is 0 Å². The number of hydrogen-bond acceptors (Lipinski definition) is 6. The summed E-state index contributed by atoms with van der Waals surface area (Å²) in [5.41, 5.74) is 0.963. The lowest BCUT2D eigenvalue weighted by Crippen LogP contribution is -2.13. The third kappa shape index (κ3) is 3.40. The topological polar surface area (TPSA) is 69.6 Å². The van der Waals surface area contributed by atoms with Gasteiger partial charge in [-0.1, -0.05) is 55.9 Å². The Hall–Kier alpha value is -2.15. The second kappa shape index (κ2) is 6.54. The van der Waals surface area contributed by atoms with Gasteiger partial charge in [-0.25, -0.2) is 0 Å². The average molecular weight is 369 g/mol. The van der Waals surface area contributed by atoms with Crippen LogP contribution in [0.1, 0.15) is 69.2 Å². The summed E-state index contributed by atoms with van der Waals surface area (Å²) in [5, 5.41) is 13.9. The van der Waals surface area contributed by atoms with Crippen LogP contribution in [0.5, 0.6) is 0 Å². The summed E-state index contributed by atoms with van der Waals surface area (Å²) in [6.07, 6.45) is 2.37. The number of para-hydroxylation sites is 1. The van der Waals surface area contributed by atoms with E-state index in [0.717, 1.165) is 22.5 Å². The minimum Gasteiger partial charge on any atom is -0.338 e. The second-order valence-corrected chi connectivity index (χ2v) is 9.06. The molecule has 4 rings (SSSR count). The molecule has 1 aromatic carbocycles. The molecule has 0 N–H and O–H groups in total. The molecule has 2 heterocycles. The molecule has 0 aliphatic heterocycles. The average Bonchev–Trinajstić information content (AvgIpc) is 3.17. The number of aromatic nitrogens is 5. The first kappa shape index (κ1) is 17.3. The summed E-state index contributed by atoms with van der Waals surface area (Å²) >= 11 is 1.60. The van der Waals surface area contributed by atoms with Crippen molar-refractivity contribution in [2.24, 2.45) is 0 Å². The molecule has 0 amide bonds. The summed E-state index contributed by atoms with van der Waals surface area (Å²) in [6.45, 7) is 8.29. The first-order valence-corrected chi connectivity index (χ1v) is 9.83. The molecule has 3 aromatic rings. The van der Waals surface area contributed by atoms with Gasteiger partial charge in [0.15, 0.2) is 11.0 Å². The molecule has 1 aliphatic carbocycles. The minimum atomic E-state index is -0.130. The lowest BCUT2D eigenvalue weighted by atomic mass is 9.96. The van der Waals surface area contributed by atoms with Crippen LogP contribution in [0.3, 0.4) is 0 Å². The van der Waals surface area contributed by atoms with Crippen LogP contribution >= 0.6 is 11.8 Å². The fourth-order valence-electron chi connectivity index (χ4n) is 2.70. The van der Waals surface area contributed by atoms with Crippen molar-refractivity contribution >= 4 is 11.8 Å². The van der Waals surface area contributed by atoms with Crippen molar-refractivity contribution in [1.29, 1.82) is 0 Å². The number of benzene rings is 1. The first-order valence-electron chi connectivity index (χ1n) is 8.95. The highest BCUT2D eigenvalue weighted by Crippen LogP contribution is 2.42. The predicted octanol–water partition coefficient (Wildman–Crippen LogP) is 4.68. The summed E-state index contributed by atoms with van der Waals surface area (Å²) in [4.78, 5) is 4.58. The first-order chi connectivity index (χ1) is 12.4. The lowest BCUT2D eigenvalue weighted by Gasteiger charge is -2.12. The van der Waals surface area contributed by atoms with E-state index in [1.54, 1.807) is 11.8 Å². The Morgan fingerprint density at radius 3 is 2.50 bits per heavy atom. The Kier molecular flexibility index (Phi) is 4.34. The molecular weight excluding hydrogens is 346 g/mol. The minimum absolute atomic E-state index is 0.00249. The van der Waals surface area contributed by atoms with Gasteiger partial charge in [-0.15, -0.1) is 10.2 Å². The highest BCUT2D eigenvalue weighted by Gasteiger charge is 2.32. The summed E-state index contributed by atoms with van der Waals surface area (Å²) < 4.78 is 7.66. The van der Waals surface area contributed by atoms with E-state index in [9.17, 15) is 0 Å². The molecular formula is C19H23N5OS. The fraction of sp³-hybridized carbons (Fsp3) is 0.474. The van der Waals surface area contributed by atoms with E-state index in [1.165, 1.54) is 12.8 Å². The molecule has 1 atom stereocenters. The Morgan fingerprint density at radius 2 is 1.88 bits per heavy atom. The van der Waals surface area contributed by atoms with Gasteiger partial charge in [-0.05, 0) is 31.9 Å². The molecule has 0 radical (unpaired) electrons. The maximum absolute atomic E-state index is 5.50. The van der Waals surface area contributed by atoms with E-state index in [0.29, 0.717) is 11.8 Å². The van der Waals surface area contributed by atoms with Gasteiger partial charge in [0.05, 0.1) is 5.25 Å². The SMILES string of the molecule is CC(Sc1nnc(C2CC2)n1-c1ccccc1)c1nc(C(C)(C)C)no1. The molecule has 0 bridgehead atoms. The largest absolute Gasteiger partial charge is 0.338 e. The number of thioether (sulfide) groups is 1. The van der Waals surface area contributed by atoms with Crippen molar-refractivity contribution in [2.45, 2.75) is 62.3 Å². The van der Waals surface area contributed by atoms with Crippen LogP contribution in [0.25, 0.3) is 5.69 Å². The Morgan fingerprint density at radius 1 is 1.15 bits per heavy atom. The molecule has 2 aromatic heterocycles. The molecule has 1 saturated carbocycles. The fourth-order valence-corrected chi connectivity index (χ4v) is 3.60. The van der Waals surface area contributed by atoms with Crippen molar-refractivity contribution in [3.8, 4) is 5.69 Å². The number of rotatable bonds is 5. The molecule has 0 saturated heterocycles. The van der Waals surface area contributed by atoms with Gasteiger partial charge >= 0.3 is 0 Å². The monoisotopic (exact) mass is 369 g/mol. The zero-order valence-corrected chi connectivity index (χ0v) is 16.3. The zero-order chi connectivity index (χ0) is 18.3. The lowest BCUT2D eigenvalue weighted by molar-refractivity contribution is 0.364. The van der Waals surface area contributed by atoms with Gasteiger partial charge < -0.3 is 4.52 Å². The van der Waals surface area contributed by atoms with Crippen LogP contribution in [-0.2, 0) is 5.41 Å². The maximum Gasteiger partial charge on any atom is 0.239 e. The van der Waals surface area contributed by atoms with E-state index in [-0.39, 0.29) is 10.7 Å². The molecule has 1 unspecified atom stereocenters. The predicted molar refractivity (Wildman–Crippen MR) is 101 cm³/mol. The summed E-state index contributed by atoms with van der Waals surface area (Å²) in [7, 11) is 0. The number of nitrogens with zero attached hydrogens (tertiary/aromatic N) is 5. The summed E-state index contributed by atoms with van der Waals surface area (Å²) in [6, 6.07) is 10.3. The molecule has 6 nitrogen and oxygen atoms in total. The molecule has 26 heavy (non-hydrogen) atoms. The van der Waals surface area contributed by atoms with Gasteiger partial charge in [0.2, 0.25) is 5.89 Å². The quantitative estimate of drug-likeness (QED) is 0.608. The van der Waals surface area contributed by atoms with E-state index in [2.05, 4.69) is 64.7 Å². The van der Waals surface area contributed by atoms with Gasteiger partial charge in [-0.3, -0.25) is 4.57 Å². The standard InChI is InChI=1S/C19H23N5OS/c1-12(16-20-17(23-25-16)19(2,3)4)26-18-22-21-15(13-10-11-13)24(18)14-8-6-5-7-9-14/h5-9,12-13H,10-11H2,1-4H3. The van der Waals surface area contributed by atoms with Crippen LogP contribution in [0.15, 0.2) is 40.0 Å². The zero-order valence-electron chi connectivity index (χ0n) is 15.5. The Balaban J connectivity index is 1.63. The van der Waals surface area contributed by atoms with E-state index < -0.39 is 0 Å². The van der Waals surface area contributed by atoms with Gasteiger partial charge in [0.25, 0.3) is 0 Å². The molecule has 1 fully saturated rings. The van der Waals surface area contributed by atoms with Crippen molar-refractivity contribution in [3.05, 3.63) is 47.9 Å². The van der Waals surface area contributed by atoms with E-state index in [4.69, 9.17) is 4.52 Å². The van der Waals surface area contributed by atoms with Gasteiger partial charge in [0, 0.05) is 17.0 Å². The normalized spacial score (nSPS) is 16.0. The molecule has 0 spiro atoms. The van der Waals surface area contributed by atoms with Crippen molar-refractivity contribution in [2.75, 3.05) is 0 Å². The third-order valence-corrected chi connectivity index (χ3v) is 5.39. The number of hydrogen-bond donors (Lipinski definition) is 0. The highest BCUT2D eigenvalue weighted by molar-refractivity contribution is 7.99. The Labute approximate surface area is 157 Å². The van der Waals surface area contributed by atoms with Crippen LogP contribution in [-0.4, -0.2) is 24.9 Å². The van der Waals surface area contributed by atoms with Crippen LogP contribution in [0.4, 0.5) is 0 Å². The maximum atomic E-state index is 5.50. The second-order valence-electron chi connectivity index (χ2n) is 7.75. The molecule has 7 heteroatoms. The van der Waals surface area contributed by atoms with Gasteiger partial charge in [0.1, 0.15) is 5.82 Å².